The number of unbranched alkanes of at least 4 members (excludes halogenated alkanes) is 1. The Kier molecular flexibility index (Phi) is 8.04. The van der Waals surface area contributed by atoms with Gasteiger partial charge in [-0.2, -0.15) is 0 Å². The van der Waals surface area contributed by atoms with Crippen LogP contribution < -0.4 is 5.73 Å². The van der Waals surface area contributed by atoms with Crippen molar-refractivity contribution in [3.05, 3.63) is 0 Å². The van der Waals surface area contributed by atoms with Gasteiger partial charge < -0.3 is 10.5 Å². The summed E-state index contributed by atoms with van der Waals surface area (Å²) >= 11 is 0. The summed E-state index contributed by atoms with van der Waals surface area (Å²) < 4.78 is 5.57. The standard InChI is InChI=1S/C14H31NO/c1-6-9-10-12(7-2)11-13(15)14(4,8-3)16-5/h12-13H,6-11,15H2,1-5H3. The van der Waals surface area contributed by atoms with Gasteiger partial charge in [0.25, 0.3) is 0 Å². The molecule has 0 radical (unpaired) electrons. The Labute approximate surface area is 102 Å². The van der Waals surface area contributed by atoms with Gasteiger partial charge in [-0.3, -0.25) is 0 Å². The third-order valence-corrected chi connectivity index (χ3v) is 4.08. The first-order valence-corrected chi connectivity index (χ1v) is 6.84. The lowest BCUT2D eigenvalue weighted by Gasteiger charge is -2.35. The molecule has 0 amide bonds. The first-order chi connectivity index (χ1) is 7.53. The van der Waals surface area contributed by atoms with Crippen LogP contribution in [-0.4, -0.2) is 18.8 Å². The first kappa shape index (κ1) is 15.9. The molecule has 0 aromatic heterocycles. The maximum Gasteiger partial charge on any atom is 0.0798 e. The molecule has 0 spiro atoms. The van der Waals surface area contributed by atoms with Gasteiger partial charge >= 0.3 is 0 Å². The largest absolute Gasteiger partial charge is 0.377 e. The van der Waals surface area contributed by atoms with Gasteiger partial charge in [-0.1, -0.05) is 46.5 Å². The zero-order chi connectivity index (χ0) is 12.6. The molecular weight excluding hydrogens is 198 g/mol. The van der Waals surface area contributed by atoms with E-state index < -0.39 is 0 Å². The maximum atomic E-state index is 6.30. The van der Waals surface area contributed by atoms with Gasteiger partial charge in [-0.05, 0) is 25.7 Å². The predicted octanol–water partition coefficient (Wildman–Crippen LogP) is 3.74. The van der Waals surface area contributed by atoms with E-state index in [9.17, 15) is 0 Å². The molecule has 0 aromatic rings. The van der Waals surface area contributed by atoms with E-state index in [0.29, 0.717) is 0 Å². The molecule has 2 heteroatoms. The van der Waals surface area contributed by atoms with E-state index in [2.05, 4.69) is 27.7 Å². The van der Waals surface area contributed by atoms with Gasteiger partial charge in [0.1, 0.15) is 0 Å². The number of ether oxygens (including phenoxy) is 1. The van der Waals surface area contributed by atoms with Crippen LogP contribution in [0.3, 0.4) is 0 Å². The van der Waals surface area contributed by atoms with Crippen molar-refractivity contribution >= 4 is 0 Å². The summed E-state index contributed by atoms with van der Waals surface area (Å²) in [7, 11) is 1.77. The van der Waals surface area contributed by atoms with Gasteiger partial charge in [-0.25, -0.2) is 0 Å². The highest BCUT2D eigenvalue weighted by Crippen LogP contribution is 2.26. The molecule has 3 atom stereocenters. The van der Waals surface area contributed by atoms with E-state index in [1.165, 1.54) is 25.7 Å². The minimum Gasteiger partial charge on any atom is -0.377 e. The second-order valence-corrected chi connectivity index (χ2v) is 5.13. The van der Waals surface area contributed by atoms with Crippen LogP contribution in [0.15, 0.2) is 0 Å². The Morgan fingerprint density at radius 2 is 1.88 bits per heavy atom. The van der Waals surface area contributed by atoms with E-state index in [-0.39, 0.29) is 11.6 Å². The van der Waals surface area contributed by atoms with Gasteiger partial charge in [0, 0.05) is 13.2 Å². The van der Waals surface area contributed by atoms with Crippen LogP contribution in [0, 0.1) is 5.92 Å². The smallest absolute Gasteiger partial charge is 0.0798 e. The topological polar surface area (TPSA) is 35.2 Å². The van der Waals surface area contributed by atoms with Gasteiger partial charge in [0.05, 0.1) is 5.60 Å². The molecule has 2 nitrogen and oxygen atoms in total. The van der Waals surface area contributed by atoms with Crippen LogP contribution in [0.25, 0.3) is 0 Å². The summed E-state index contributed by atoms with van der Waals surface area (Å²) in [6.45, 7) is 8.79. The molecule has 0 saturated heterocycles. The highest BCUT2D eigenvalue weighted by Gasteiger charge is 2.30. The minimum atomic E-state index is -0.153. The third kappa shape index (κ3) is 4.84. The summed E-state index contributed by atoms with van der Waals surface area (Å²) in [6.07, 6.45) is 7.22. The Morgan fingerprint density at radius 3 is 2.25 bits per heavy atom. The lowest BCUT2D eigenvalue weighted by atomic mass is 9.84. The fraction of sp³-hybridized carbons (Fsp3) is 1.00. The van der Waals surface area contributed by atoms with Gasteiger partial charge in [0.2, 0.25) is 0 Å². The average Bonchev–Trinajstić information content (AvgIpc) is 2.32. The molecule has 0 rings (SSSR count). The number of nitrogens with two attached hydrogens (primary N) is 1. The van der Waals surface area contributed by atoms with Crippen LogP contribution in [0.2, 0.25) is 0 Å². The molecule has 0 aliphatic carbocycles. The average molecular weight is 229 g/mol. The molecule has 2 N–H and O–H groups in total. The molecule has 3 unspecified atom stereocenters. The SMILES string of the molecule is CCCCC(CC)CC(N)C(C)(CC)OC. The highest BCUT2D eigenvalue weighted by atomic mass is 16.5. The number of hydrogen-bond donors (Lipinski definition) is 1. The molecule has 0 heterocycles. The summed E-state index contributed by atoms with van der Waals surface area (Å²) in [6, 6.07) is 0.157. The summed E-state index contributed by atoms with van der Waals surface area (Å²) in [5.41, 5.74) is 6.14. The Balaban J connectivity index is 4.21. The molecule has 0 saturated carbocycles. The lowest BCUT2D eigenvalue weighted by Crippen LogP contribution is -2.47. The monoisotopic (exact) mass is 229 g/mol. The van der Waals surface area contributed by atoms with Crippen molar-refractivity contribution in [1.82, 2.24) is 0 Å². The van der Waals surface area contributed by atoms with Crippen molar-refractivity contribution < 1.29 is 4.74 Å². The van der Waals surface area contributed by atoms with Crippen LogP contribution in [0.4, 0.5) is 0 Å². The van der Waals surface area contributed by atoms with Crippen LogP contribution >= 0.6 is 0 Å². The summed E-state index contributed by atoms with van der Waals surface area (Å²) in [5.74, 6) is 0.760. The van der Waals surface area contributed by atoms with Gasteiger partial charge in [-0.15, -0.1) is 0 Å². The second-order valence-electron chi connectivity index (χ2n) is 5.13. The summed E-state index contributed by atoms with van der Waals surface area (Å²) in [5, 5.41) is 0. The molecule has 0 bridgehead atoms. The van der Waals surface area contributed by atoms with Crippen molar-refractivity contribution in [3.63, 3.8) is 0 Å². The molecule has 0 fully saturated rings. The van der Waals surface area contributed by atoms with Crippen molar-refractivity contribution in [1.29, 1.82) is 0 Å². The quantitative estimate of drug-likeness (QED) is 0.654. The molecule has 0 aliphatic rings. The normalized spacial score (nSPS) is 19.1. The summed E-state index contributed by atoms with van der Waals surface area (Å²) in [4.78, 5) is 0. The van der Waals surface area contributed by atoms with Crippen LogP contribution in [0.5, 0.6) is 0 Å². The van der Waals surface area contributed by atoms with Crippen molar-refractivity contribution in [3.8, 4) is 0 Å². The maximum absolute atomic E-state index is 6.30. The van der Waals surface area contributed by atoms with Gasteiger partial charge in [0.15, 0.2) is 0 Å². The lowest BCUT2D eigenvalue weighted by molar-refractivity contribution is -0.0247. The molecule has 0 aromatic carbocycles. The fourth-order valence-electron chi connectivity index (χ4n) is 2.15. The molecule has 16 heavy (non-hydrogen) atoms. The fourth-order valence-corrected chi connectivity index (χ4v) is 2.15. The van der Waals surface area contributed by atoms with Crippen LogP contribution in [0.1, 0.15) is 66.2 Å². The molecule has 98 valence electrons. The Hall–Kier alpha value is -0.0800. The second kappa shape index (κ2) is 8.08. The van der Waals surface area contributed by atoms with Crippen molar-refractivity contribution in [2.75, 3.05) is 7.11 Å². The Bertz CT molecular complexity index is 166. The minimum absolute atomic E-state index is 0.153. The van der Waals surface area contributed by atoms with Crippen molar-refractivity contribution in [2.24, 2.45) is 11.7 Å². The number of methoxy groups -OCH3 is 1. The van der Waals surface area contributed by atoms with E-state index in [1.807, 2.05) is 0 Å². The zero-order valence-electron chi connectivity index (χ0n) is 11.9. The predicted molar refractivity (Wildman–Crippen MR) is 71.6 cm³/mol. The highest BCUT2D eigenvalue weighted by molar-refractivity contribution is 4.87. The van der Waals surface area contributed by atoms with E-state index in [4.69, 9.17) is 10.5 Å². The van der Waals surface area contributed by atoms with E-state index in [1.54, 1.807) is 7.11 Å². The first-order valence-electron chi connectivity index (χ1n) is 6.84. The molecular formula is C14H31NO. The van der Waals surface area contributed by atoms with Crippen LogP contribution in [-0.2, 0) is 4.74 Å². The third-order valence-electron chi connectivity index (χ3n) is 4.08. The number of rotatable bonds is 9. The Morgan fingerprint density at radius 1 is 1.25 bits per heavy atom. The van der Waals surface area contributed by atoms with Crippen molar-refractivity contribution in [2.45, 2.75) is 77.9 Å². The molecule has 0 aliphatic heterocycles. The van der Waals surface area contributed by atoms with E-state index >= 15 is 0 Å². The zero-order valence-corrected chi connectivity index (χ0v) is 11.9. The number of hydrogen-bond acceptors (Lipinski definition) is 2. The van der Waals surface area contributed by atoms with E-state index in [0.717, 1.165) is 18.8 Å².